The summed E-state index contributed by atoms with van der Waals surface area (Å²) in [6, 6.07) is 14.3. The number of aryl methyl sites for hydroxylation is 1. The predicted molar refractivity (Wildman–Crippen MR) is 116 cm³/mol. The fraction of sp³-hybridized carbons (Fsp3) is 0.409. The van der Waals surface area contributed by atoms with Crippen molar-refractivity contribution in [1.82, 2.24) is 5.32 Å². The molecule has 1 saturated heterocycles. The van der Waals surface area contributed by atoms with Crippen molar-refractivity contribution >= 4 is 23.0 Å². The lowest BCUT2D eigenvalue weighted by molar-refractivity contribution is 0.114. The molecule has 1 aliphatic heterocycles. The van der Waals surface area contributed by atoms with E-state index in [1.54, 1.807) is 14.2 Å². The molecule has 0 unspecified atom stereocenters. The van der Waals surface area contributed by atoms with E-state index in [2.05, 4.69) is 41.4 Å². The normalized spacial score (nSPS) is 15.9. The van der Waals surface area contributed by atoms with Gasteiger partial charge in [0.2, 0.25) is 0 Å². The SMILES string of the molecule is COc1ccc(CN(C(=S)NC[C@@H]2CCCO2)c2ccc(C)cc2)cc1OC. The van der Waals surface area contributed by atoms with Crippen LogP contribution in [0.2, 0.25) is 0 Å². The van der Waals surface area contributed by atoms with Crippen molar-refractivity contribution in [2.75, 3.05) is 32.3 Å². The zero-order valence-corrected chi connectivity index (χ0v) is 17.6. The van der Waals surface area contributed by atoms with Gasteiger partial charge in [-0.2, -0.15) is 0 Å². The number of rotatable bonds is 7. The number of benzene rings is 2. The van der Waals surface area contributed by atoms with Gasteiger partial charge in [-0.05, 0) is 61.8 Å². The van der Waals surface area contributed by atoms with Gasteiger partial charge in [0.1, 0.15) is 0 Å². The first kappa shape index (κ1) is 20.4. The third-order valence-corrected chi connectivity index (χ3v) is 5.25. The van der Waals surface area contributed by atoms with Crippen molar-refractivity contribution in [2.45, 2.75) is 32.4 Å². The smallest absolute Gasteiger partial charge is 0.173 e. The molecule has 0 saturated carbocycles. The number of anilines is 1. The molecule has 150 valence electrons. The second-order valence-electron chi connectivity index (χ2n) is 6.93. The van der Waals surface area contributed by atoms with Gasteiger partial charge >= 0.3 is 0 Å². The highest BCUT2D eigenvalue weighted by atomic mass is 32.1. The number of hydrogen-bond acceptors (Lipinski definition) is 4. The Balaban J connectivity index is 1.79. The first-order valence-electron chi connectivity index (χ1n) is 9.55. The summed E-state index contributed by atoms with van der Waals surface area (Å²) in [7, 11) is 3.29. The first-order chi connectivity index (χ1) is 13.6. The number of ether oxygens (including phenoxy) is 3. The monoisotopic (exact) mass is 400 g/mol. The molecular weight excluding hydrogens is 372 g/mol. The molecule has 6 heteroatoms. The number of hydrogen-bond donors (Lipinski definition) is 1. The van der Waals surface area contributed by atoms with Crippen molar-refractivity contribution < 1.29 is 14.2 Å². The molecular formula is C22H28N2O3S. The van der Waals surface area contributed by atoms with Gasteiger partial charge in [-0.15, -0.1) is 0 Å². The second kappa shape index (κ2) is 9.75. The minimum absolute atomic E-state index is 0.235. The largest absolute Gasteiger partial charge is 0.493 e. The van der Waals surface area contributed by atoms with E-state index in [0.717, 1.165) is 37.2 Å². The molecule has 3 rings (SSSR count). The molecule has 0 aromatic heterocycles. The summed E-state index contributed by atoms with van der Waals surface area (Å²) >= 11 is 5.74. The first-order valence-corrected chi connectivity index (χ1v) is 9.96. The van der Waals surface area contributed by atoms with E-state index in [4.69, 9.17) is 26.4 Å². The highest BCUT2D eigenvalue weighted by Crippen LogP contribution is 2.29. The number of thiocarbonyl (C=S) groups is 1. The lowest BCUT2D eigenvalue weighted by atomic mass is 10.1. The van der Waals surface area contributed by atoms with Crippen molar-refractivity contribution in [2.24, 2.45) is 0 Å². The number of nitrogens with zero attached hydrogens (tertiary/aromatic N) is 1. The third kappa shape index (κ3) is 5.14. The molecule has 1 N–H and O–H groups in total. The summed E-state index contributed by atoms with van der Waals surface area (Å²) in [4.78, 5) is 2.10. The standard InChI is InChI=1S/C22H28N2O3S/c1-16-6-9-18(10-7-16)24(22(28)23-14-19-5-4-12-27-19)15-17-8-11-20(25-2)21(13-17)26-3/h6-11,13,19H,4-5,12,14-15H2,1-3H3,(H,23,28)/t19-/m0/s1. The Kier molecular flexibility index (Phi) is 7.12. The van der Waals surface area contributed by atoms with Crippen LogP contribution in [0.5, 0.6) is 11.5 Å². The van der Waals surface area contributed by atoms with Crippen LogP contribution in [0, 0.1) is 6.92 Å². The zero-order chi connectivity index (χ0) is 19.9. The van der Waals surface area contributed by atoms with Crippen LogP contribution >= 0.6 is 12.2 Å². The molecule has 1 atom stereocenters. The zero-order valence-electron chi connectivity index (χ0n) is 16.7. The van der Waals surface area contributed by atoms with Crippen LogP contribution in [0.15, 0.2) is 42.5 Å². The van der Waals surface area contributed by atoms with E-state index in [9.17, 15) is 0 Å². The molecule has 2 aromatic rings. The van der Waals surface area contributed by atoms with Crippen molar-refractivity contribution in [3.05, 3.63) is 53.6 Å². The van der Waals surface area contributed by atoms with Gasteiger partial charge in [-0.1, -0.05) is 23.8 Å². The average molecular weight is 401 g/mol. The molecule has 2 aromatic carbocycles. The van der Waals surface area contributed by atoms with Crippen LogP contribution in [0.4, 0.5) is 5.69 Å². The van der Waals surface area contributed by atoms with Crippen LogP contribution in [0.3, 0.4) is 0 Å². The Labute approximate surface area is 172 Å². The highest BCUT2D eigenvalue weighted by molar-refractivity contribution is 7.80. The van der Waals surface area contributed by atoms with Gasteiger partial charge in [0.05, 0.1) is 26.9 Å². The molecule has 0 aliphatic carbocycles. The summed E-state index contributed by atoms with van der Waals surface area (Å²) in [6.07, 6.45) is 2.43. The van der Waals surface area contributed by atoms with Crippen LogP contribution in [-0.2, 0) is 11.3 Å². The minimum atomic E-state index is 0.235. The van der Waals surface area contributed by atoms with Crippen LogP contribution in [-0.4, -0.2) is 38.6 Å². The highest BCUT2D eigenvalue weighted by Gasteiger charge is 2.19. The minimum Gasteiger partial charge on any atom is -0.493 e. The molecule has 1 fully saturated rings. The van der Waals surface area contributed by atoms with Crippen LogP contribution in [0.1, 0.15) is 24.0 Å². The van der Waals surface area contributed by atoms with E-state index >= 15 is 0 Å². The van der Waals surface area contributed by atoms with E-state index in [1.807, 2.05) is 18.2 Å². The Morgan fingerprint density at radius 3 is 2.54 bits per heavy atom. The summed E-state index contributed by atoms with van der Waals surface area (Å²) in [5.74, 6) is 1.43. The van der Waals surface area contributed by atoms with Crippen molar-refractivity contribution in [3.8, 4) is 11.5 Å². The van der Waals surface area contributed by atoms with Gasteiger partial charge in [-0.25, -0.2) is 0 Å². The van der Waals surface area contributed by atoms with Gasteiger partial charge in [-0.3, -0.25) is 0 Å². The Bertz CT molecular complexity index is 789. The van der Waals surface area contributed by atoms with Gasteiger partial charge < -0.3 is 24.4 Å². The van der Waals surface area contributed by atoms with Gasteiger partial charge in [0.25, 0.3) is 0 Å². The topological polar surface area (TPSA) is 43.0 Å². The second-order valence-corrected chi connectivity index (χ2v) is 7.32. The molecule has 0 radical (unpaired) electrons. The van der Waals surface area contributed by atoms with Gasteiger partial charge in [0.15, 0.2) is 16.6 Å². The van der Waals surface area contributed by atoms with Crippen LogP contribution < -0.4 is 19.7 Å². The predicted octanol–water partition coefficient (Wildman–Crippen LogP) is 4.07. The lowest BCUT2D eigenvalue weighted by Crippen LogP contribution is -2.42. The molecule has 0 spiro atoms. The van der Waals surface area contributed by atoms with E-state index in [1.165, 1.54) is 5.56 Å². The summed E-state index contributed by atoms with van der Waals surface area (Å²) < 4.78 is 16.5. The van der Waals surface area contributed by atoms with E-state index in [-0.39, 0.29) is 6.10 Å². The lowest BCUT2D eigenvalue weighted by Gasteiger charge is -2.27. The van der Waals surface area contributed by atoms with E-state index in [0.29, 0.717) is 23.2 Å². The molecule has 28 heavy (non-hydrogen) atoms. The Morgan fingerprint density at radius 2 is 1.89 bits per heavy atom. The molecule has 0 amide bonds. The molecule has 5 nitrogen and oxygen atoms in total. The molecule has 0 bridgehead atoms. The summed E-state index contributed by atoms with van der Waals surface area (Å²) in [6.45, 7) is 4.27. The molecule has 1 aliphatic rings. The average Bonchev–Trinajstić information content (AvgIpc) is 3.24. The third-order valence-electron chi connectivity index (χ3n) is 4.88. The Morgan fingerprint density at radius 1 is 1.14 bits per heavy atom. The maximum absolute atomic E-state index is 5.74. The van der Waals surface area contributed by atoms with Crippen LogP contribution in [0.25, 0.3) is 0 Å². The maximum atomic E-state index is 5.74. The fourth-order valence-electron chi connectivity index (χ4n) is 3.27. The number of nitrogens with one attached hydrogen (secondary N) is 1. The summed E-state index contributed by atoms with van der Waals surface area (Å²) in [5, 5.41) is 4.07. The fourth-order valence-corrected chi connectivity index (χ4v) is 3.52. The Hall–Kier alpha value is -2.31. The number of methoxy groups -OCH3 is 2. The maximum Gasteiger partial charge on any atom is 0.173 e. The quantitative estimate of drug-likeness (QED) is 0.707. The van der Waals surface area contributed by atoms with Crippen molar-refractivity contribution in [3.63, 3.8) is 0 Å². The van der Waals surface area contributed by atoms with Crippen molar-refractivity contribution in [1.29, 1.82) is 0 Å². The molecule has 1 heterocycles. The van der Waals surface area contributed by atoms with Gasteiger partial charge in [0, 0.05) is 18.8 Å². The van der Waals surface area contributed by atoms with E-state index < -0.39 is 0 Å². The summed E-state index contributed by atoms with van der Waals surface area (Å²) in [5.41, 5.74) is 3.35.